The van der Waals surface area contributed by atoms with Gasteiger partial charge in [-0.2, -0.15) is 0 Å². The summed E-state index contributed by atoms with van der Waals surface area (Å²) in [5, 5.41) is 3.29. The van der Waals surface area contributed by atoms with Gasteiger partial charge in [0.1, 0.15) is 17.4 Å². The molecule has 40 heavy (non-hydrogen) atoms. The van der Waals surface area contributed by atoms with Crippen LogP contribution >= 0.6 is 11.6 Å². The summed E-state index contributed by atoms with van der Waals surface area (Å²) >= 11 is 6.29. The molecule has 0 saturated carbocycles. The number of carbonyl (C=O) groups is 2. The van der Waals surface area contributed by atoms with Gasteiger partial charge in [0.25, 0.3) is 5.56 Å². The van der Waals surface area contributed by atoms with Crippen molar-refractivity contribution in [3.05, 3.63) is 88.3 Å². The second-order valence-corrected chi connectivity index (χ2v) is 10.5. The predicted molar refractivity (Wildman–Crippen MR) is 153 cm³/mol. The summed E-state index contributed by atoms with van der Waals surface area (Å²) < 4.78 is 17.8. The van der Waals surface area contributed by atoms with Crippen LogP contribution in [-0.2, 0) is 9.53 Å². The lowest BCUT2D eigenvalue weighted by Crippen LogP contribution is -2.32. The first-order valence-corrected chi connectivity index (χ1v) is 13.0. The lowest BCUT2D eigenvalue weighted by Gasteiger charge is -2.21. The third-order valence-corrected chi connectivity index (χ3v) is 6.28. The van der Waals surface area contributed by atoms with E-state index in [9.17, 15) is 14.4 Å². The van der Waals surface area contributed by atoms with Crippen molar-refractivity contribution in [3.8, 4) is 28.2 Å². The summed E-state index contributed by atoms with van der Waals surface area (Å²) in [5.74, 6) is 0.0215. The monoisotopic (exact) mass is 563 g/mol. The van der Waals surface area contributed by atoms with Gasteiger partial charge in [-0.25, -0.2) is 9.78 Å². The highest BCUT2D eigenvalue weighted by atomic mass is 35.5. The maximum atomic E-state index is 13.4. The number of pyridine rings is 1. The number of halogens is 1. The third-order valence-electron chi connectivity index (χ3n) is 6.05. The van der Waals surface area contributed by atoms with Gasteiger partial charge in [-0.1, -0.05) is 18.5 Å². The van der Waals surface area contributed by atoms with Crippen molar-refractivity contribution in [3.63, 3.8) is 0 Å². The maximum absolute atomic E-state index is 13.4. The number of nitrogens with zero attached hydrogens (tertiary/aromatic N) is 2. The van der Waals surface area contributed by atoms with E-state index in [0.717, 1.165) is 0 Å². The number of amides is 1. The molecule has 0 aliphatic carbocycles. The summed E-state index contributed by atoms with van der Waals surface area (Å²) in [6.45, 7) is 7.18. The van der Waals surface area contributed by atoms with Crippen LogP contribution in [0.2, 0.25) is 5.02 Å². The minimum absolute atomic E-state index is 0.338. The Balaban J connectivity index is 1.63. The topological polar surface area (TPSA) is 113 Å². The number of nitrogens with one attached hydrogen (secondary N) is 1. The van der Waals surface area contributed by atoms with Gasteiger partial charge in [0.05, 0.1) is 25.1 Å². The zero-order valence-corrected chi connectivity index (χ0v) is 23.6. The normalized spacial score (nSPS) is 12.1. The number of hydrogen-bond acceptors (Lipinski definition) is 7. The number of aromatic nitrogens is 2. The Morgan fingerprint density at radius 2 is 1.80 bits per heavy atom. The van der Waals surface area contributed by atoms with Crippen LogP contribution in [0.4, 0.5) is 5.69 Å². The number of ether oxygens (including phenoxy) is 2. The van der Waals surface area contributed by atoms with Gasteiger partial charge in [-0.15, -0.1) is 0 Å². The summed E-state index contributed by atoms with van der Waals surface area (Å²) in [5.41, 5.74) is 1.61. The number of benzene rings is 2. The molecule has 0 saturated heterocycles. The standard InChI is InChI=1S/C30H30ClN3O6/c1-6-24(28(36)33-20-10-7-18(8-11-20)29(37)40-30(2,3)4)34-16-26(38-5)23(14-27(34)35)22-13-19(31)9-12-21(22)25-15-32-17-39-25/h7-17,24H,6H2,1-5H3,(H,33,36). The number of hydrogen-bond donors (Lipinski definition) is 1. The third kappa shape index (κ3) is 6.43. The highest BCUT2D eigenvalue weighted by Gasteiger charge is 2.24. The molecule has 4 rings (SSSR count). The molecule has 0 bridgehead atoms. The first kappa shape index (κ1) is 28.6. The summed E-state index contributed by atoms with van der Waals surface area (Å²) in [4.78, 5) is 42.9. The lowest BCUT2D eigenvalue weighted by molar-refractivity contribution is -0.119. The molecule has 208 valence electrons. The van der Waals surface area contributed by atoms with Gasteiger partial charge in [-0.3, -0.25) is 14.2 Å². The van der Waals surface area contributed by atoms with E-state index in [4.69, 9.17) is 25.5 Å². The number of esters is 1. The Labute approximate surface area is 236 Å². The molecule has 1 unspecified atom stereocenters. The average Bonchev–Trinajstić information content (AvgIpc) is 3.44. The van der Waals surface area contributed by atoms with E-state index < -0.39 is 29.1 Å². The smallest absolute Gasteiger partial charge is 0.338 e. The fourth-order valence-electron chi connectivity index (χ4n) is 4.21. The van der Waals surface area contributed by atoms with E-state index >= 15 is 0 Å². The first-order valence-electron chi connectivity index (χ1n) is 12.6. The van der Waals surface area contributed by atoms with E-state index in [1.165, 1.54) is 30.3 Å². The number of anilines is 1. The van der Waals surface area contributed by atoms with Crippen molar-refractivity contribution in [2.24, 2.45) is 0 Å². The van der Waals surface area contributed by atoms with Gasteiger partial charge in [0, 0.05) is 27.9 Å². The molecule has 0 fully saturated rings. The van der Waals surface area contributed by atoms with Crippen LogP contribution in [-0.4, -0.2) is 34.1 Å². The van der Waals surface area contributed by atoms with E-state index in [-0.39, 0.29) is 0 Å². The van der Waals surface area contributed by atoms with Gasteiger partial charge in [0.15, 0.2) is 12.2 Å². The number of carbonyl (C=O) groups excluding carboxylic acids is 2. The molecule has 1 amide bonds. The summed E-state index contributed by atoms with van der Waals surface area (Å²) in [6, 6.07) is 12.2. The van der Waals surface area contributed by atoms with Crippen molar-refractivity contribution < 1.29 is 23.5 Å². The Morgan fingerprint density at radius 3 is 2.40 bits per heavy atom. The molecule has 4 aromatic rings. The first-order chi connectivity index (χ1) is 19.0. The Bertz CT molecular complexity index is 1570. The van der Waals surface area contributed by atoms with Crippen LogP contribution in [0, 0.1) is 0 Å². The highest BCUT2D eigenvalue weighted by Crippen LogP contribution is 2.38. The lowest BCUT2D eigenvalue weighted by atomic mass is 9.98. The molecule has 2 aromatic carbocycles. The van der Waals surface area contributed by atoms with Crippen molar-refractivity contribution in [1.29, 1.82) is 0 Å². The largest absolute Gasteiger partial charge is 0.495 e. The van der Waals surface area contributed by atoms with Crippen molar-refractivity contribution in [1.82, 2.24) is 9.55 Å². The maximum Gasteiger partial charge on any atom is 0.338 e. The second-order valence-electron chi connectivity index (χ2n) is 10.0. The van der Waals surface area contributed by atoms with E-state index in [1.54, 1.807) is 69.4 Å². The fourth-order valence-corrected chi connectivity index (χ4v) is 4.38. The molecule has 0 spiro atoms. The average molecular weight is 564 g/mol. The second kappa shape index (κ2) is 11.8. The molecule has 10 heteroatoms. The molecule has 2 aromatic heterocycles. The number of oxazole rings is 1. The van der Waals surface area contributed by atoms with Crippen molar-refractivity contribution in [2.45, 2.75) is 45.8 Å². The molecule has 1 N–H and O–H groups in total. The van der Waals surface area contributed by atoms with Crippen LogP contribution in [0.1, 0.15) is 50.5 Å². The molecule has 1 atom stereocenters. The van der Waals surface area contributed by atoms with Gasteiger partial charge in [0.2, 0.25) is 5.91 Å². The number of methoxy groups -OCH3 is 1. The van der Waals surface area contributed by atoms with Crippen LogP contribution < -0.4 is 15.6 Å². The molecular formula is C30H30ClN3O6. The molecule has 2 heterocycles. The van der Waals surface area contributed by atoms with Crippen LogP contribution in [0.5, 0.6) is 5.75 Å². The minimum Gasteiger partial charge on any atom is -0.495 e. The Kier molecular flexibility index (Phi) is 8.44. The van der Waals surface area contributed by atoms with Gasteiger partial charge < -0.3 is 19.2 Å². The van der Waals surface area contributed by atoms with E-state index in [1.807, 2.05) is 6.92 Å². The highest BCUT2D eigenvalue weighted by molar-refractivity contribution is 6.31. The molecule has 9 nitrogen and oxygen atoms in total. The molecule has 0 aliphatic rings. The Morgan fingerprint density at radius 1 is 1.07 bits per heavy atom. The Hall–Kier alpha value is -4.37. The van der Waals surface area contributed by atoms with Crippen LogP contribution in [0.15, 0.2) is 76.5 Å². The predicted octanol–water partition coefficient (Wildman–Crippen LogP) is 6.38. The van der Waals surface area contributed by atoms with E-state index in [0.29, 0.717) is 50.9 Å². The fraction of sp³-hybridized carbons (Fsp3) is 0.267. The van der Waals surface area contributed by atoms with Gasteiger partial charge >= 0.3 is 5.97 Å². The van der Waals surface area contributed by atoms with Gasteiger partial charge in [-0.05, 0) is 75.2 Å². The minimum atomic E-state index is -0.825. The summed E-state index contributed by atoms with van der Waals surface area (Å²) in [6.07, 6.45) is 4.74. The van der Waals surface area contributed by atoms with Crippen molar-refractivity contribution in [2.75, 3.05) is 12.4 Å². The quantitative estimate of drug-likeness (QED) is 0.248. The molecule has 0 aliphatic heterocycles. The van der Waals surface area contributed by atoms with Crippen LogP contribution in [0.25, 0.3) is 22.5 Å². The molecular weight excluding hydrogens is 534 g/mol. The van der Waals surface area contributed by atoms with Crippen LogP contribution in [0.3, 0.4) is 0 Å². The molecule has 0 radical (unpaired) electrons. The SMILES string of the molecule is CCC(C(=O)Nc1ccc(C(=O)OC(C)(C)C)cc1)n1cc(OC)c(-c2cc(Cl)ccc2-c2cnco2)cc1=O. The van der Waals surface area contributed by atoms with E-state index in [2.05, 4.69) is 10.3 Å². The van der Waals surface area contributed by atoms with Crippen molar-refractivity contribution >= 4 is 29.2 Å². The summed E-state index contributed by atoms with van der Waals surface area (Å²) in [7, 11) is 1.49. The zero-order chi connectivity index (χ0) is 29.0. The zero-order valence-electron chi connectivity index (χ0n) is 22.9. The number of rotatable bonds is 8.